The van der Waals surface area contributed by atoms with Gasteiger partial charge in [-0.1, -0.05) is 6.07 Å². The molecule has 0 unspecified atom stereocenters. The number of hydrogen-bond donors (Lipinski definition) is 1. The second-order valence-electron chi connectivity index (χ2n) is 2.75. The van der Waals surface area contributed by atoms with Gasteiger partial charge in [0.05, 0.1) is 6.61 Å². The Morgan fingerprint density at radius 2 is 2.17 bits per heavy atom. The summed E-state index contributed by atoms with van der Waals surface area (Å²) in [5.74, 6) is 0.313. The van der Waals surface area contributed by atoms with Crippen LogP contribution in [-0.2, 0) is 11.3 Å². The Kier molecular flexibility index (Phi) is 3.11. The third-order valence-corrected chi connectivity index (χ3v) is 1.79. The van der Waals surface area contributed by atoms with Crippen molar-refractivity contribution in [2.24, 2.45) is 0 Å². The van der Waals surface area contributed by atoms with Gasteiger partial charge in [-0.05, 0) is 37.1 Å². The smallest absolute Gasteiger partial charge is 0.115 e. The molecule has 1 N–H and O–H groups in total. The summed E-state index contributed by atoms with van der Waals surface area (Å²) in [5, 5.41) is 9.12. The number of aromatic hydroxyl groups is 1. The van der Waals surface area contributed by atoms with Crippen molar-refractivity contribution in [1.82, 2.24) is 0 Å². The highest BCUT2D eigenvalue weighted by atomic mass is 16.5. The number of rotatable bonds is 3. The molecule has 0 aliphatic carbocycles. The molecule has 0 saturated carbocycles. The van der Waals surface area contributed by atoms with Crippen LogP contribution in [0.2, 0.25) is 0 Å². The Balaban J connectivity index is 2.72. The van der Waals surface area contributed by atoms with E-state index in [1.54, 1.807) is 12.1 Å². The molecule has 2 nitrogen and oxygen atoms in total. The second-order valence-corrected chi connectivity index (χ2v) is 2.75. The van der Waals surface area contributed by atoms with Crippen LogP contribution in [-0.4, -0.2) is 11.7 Å². The van der Waals surface area contributed by atoms with Gasteiger partial charge in [0.2, 0.25) is 0 Å². The summed E-state index contributed by atoms with van der Waals surface area (Å²) in [4.78, 5) is 0. The fraction of sp³-hybridized carbons (Fsp3) is 0.400. The molecule has 0 radical (unpaired) electrons. The van der Waals surface area contributed by atoms with Crippen molar-refractivity contribution in [3.05, 3.63) is 29.3 Å². The van der Waals surface area contributed by atoms with Crippen molar-refractivity contribution >= 4 is 0 Å². The molecular weight excluding hydrogens is 152 g/mol. The summed E-state index contributed by atoms with van der Waals surface area (Å²) in [6, 6.07) is 5.32. The molecule has 0 aromatic heterocycles. The first-order valence-electron chi connectivity index (χ1n) is 4.10. The minimum Gasteiger partial charge on any atom is -0.508 e. The van der Waals surface area contributed by atoms with Crippen molar-refractivity contribution in [2.75, 3.05) is 6.61 Å². The molecule has 1 aromatic carbocycles. The number of ether oxygens (including phenoxy) is 1. The molecule has 1 aromatic rings. The van der Waals surface area contributed by atoms with Crippen LogP contribution in [0.25, 0.3) is 0 Å². The van der Waals surface area contributed by atoms with Crippen LogP contribution in [0.3, 0.4) is 0 Å². The highest BCUT2D eigenvalue weighted by Gasteiger charge is 1.98. The van der Waals surface area contributed by atoms with Gasteiger partial charge in [0.1, 0.15) is 5.75 Å². The maximum atomic E-state index is 9.12. The quantitative estimate of drug-likeness (QED) is 0.746. The molecule has 0 amide bonds. The predicted molar refractivity (Wildman–Crippen MR) is 48.2 cm³/mol. The number of hydrogen-bond acceptors (Lipinski definition) is 2. The van der Waals surface area contributed by atoms with Crippen LogP contribution >= 0.6 is 0 Å². The van der Waals surface area contributed by atoms with Crippen LogP contribution < -0.4 is 0 Å². The molecule has 0 atom stereocenters. The van der Waals surface area contributed by atoms with Gasteiger partial charge in [-0.25, -0.2) is 0 Å². The molecule has 0 heterocycles. The zero-order valence-electron chi connectivity index (χ0n) is 7.50. The number of benzene rings is 1. The van der Waals surface area contributed by atoms with E-state index in [1.165, 1.54) is 0 Å². The fourth-order valence-electron chi connectivity index (χ4n) is 1.05. The van der Waals surface area contributed by atoms with E-state index in [0.29, 0.717) is 12.4 Å². The first-order valence-corrected chi connectivity index (χ1v) is 4.10. The second kappa shape index (κ2) is 4.12. The van der Waals surface area contributed by atoms with Gasteiger partial charge in [0.25, 0.3) is 0 Å². The third kappa shape index (κ3) is 2.24. The monoisotopic (exact) mass is 166 g/mol. The van der Waals surface area contributed by atoms with E-state index in [1.807, 2.05) is 19.9 Å². The van der Waals surface area contributed by atoms with Gasteiger partial charge in [-0.3, -0.25) is 0 Å². The lowest BCUT2D eigenvalue weighted by Crippen LogP contribution is -1.93. The summed E-state index contributed by atoms with van der Waals surface area (Å²) in [6.45, 7) is 5.28. The van der Waals surface area contributed by atoms with Gasteiger partial charge in [-0.15, -0.1) is 0 Å². The van der Waals surface area contributed by atoms with Crippen molar-refractivity contribution in [3.63, 3.8) is 0 Å². The maximum absolute atomic E-state index is 9.12. The van der Waals surface area contributed by atoms with Crippen LogP contribution in [0.1, 0.15) is 18.1 Å². The van der Waals surface area contributed by atoms with Crippen LogP contribution in [0.15, 0.2) is 18.2 Å². The number of phenols is 1. The predicted octanol–water partition coefficient (Wildman–Crippen LogP) is 2.24. The van der Waals surface area contributed by atoms with E-state index in [4.69, 9.17) is 9.84 Å². The first-order chi connectivity index (χ1) is 5.74. The molecular formula is C10H14O2. The summed E-state index contributed by atoms with van der Waals surface area (Å²) in [6.07, 6.45) is 0. The van der Waals surface area contributed by atoms with E-state index >= 15 is 0 Å². The molecule has 66 valence electrons. The van der Waals surface area contributed by atoms with Crippen LogP contribution in [0.5, 0.6) is 5.75 Å². The summed E-state index contributed by atoms with van der Waals surface area (Å²) in [5.41, 5.74) is 2.21. The molecule has 0 spiro atoms. The van der Waals surface area contributed by atoms with Gasteiger partial charge < -0.3 is 9.84 Å². The summed E-state index contributed by atoms with van der Waals surface area (Å²) >= 11 is 0. The van der Waals surface area contributed by atoms with Crippen LogP contribution in [0.4, 0.5) is 0 Å². The lowest BCUT2D eigenvalue weighted by molar-refractivity contribution is 0.133. The van der Waals surface area contributed by atoms with Gasteiger partial charge >= 0.3 is 0 Å². The van der Waals surface area contributed by atoms with Crippen LogP contribution in [0, 0.1) is 6.92 Å². The molecule has 0 bridgehead atoms. The molecule has 12 heavy (non-hydrogen) atoms. The van der Waals surface area contributed by atoms with E-state index in [2.05, 4.69) is 0 Å². The normalized spacial score (nSPS) is 10.2. The first kappa shape index (κ1) is 9.07. The van der Waals surface area contributed by atoms with E-state index in [-0.39, 0.29) is 0 Å². The zero-order valence-corrected chi connectivity index (χ0v) is 7.50. The lowest BCUT2D eigenvalue weighted by Gasteiger charge is -2.05. The number of phenolic OH excluding ortho intramolecular Hbond substituents is 1. The zero-order chi connectivity index (χ0) is 8.97. The van der Waals surface area contributed by atoms with E-state index in [9.17, 15) is 0 Å². The largest absolute Gasteiger partial charge is 0.508 e. The molecule has 1 rings (SSSR count). The Bertz CT molecular complexity index is 256. The minimum atomic E-state index is 0.313. The Morgan fingerprint density at radius 1 is 1.42 bits per heavy atom. The van der Waals surface area contributed by atoms with E-state index < -0.39 is 0 Å². The Labute approximate surface area is 72.8 Å². The van der Waals surface area contributed by atoms with Crippen molar-refractivity contribution < 1.29 is 9.84 Å². The third-order valence-electron chi connectivity index (χ3n) is 1.79. The average Bonchev–Trinajstić information content (AvgIpc) is 2.03. The van der Waals surface area contributed by atoms with Gasteiger partial charge in [0, 0.05) is 6.61 Å². The van der Waals surface area contributed by atoms with Gasteiger partial charge in [-0.2, -0.15) is 0 Å². The number of aryl methyl sites for hydroxylation is 1. The maximum Gasteiger partial charge on any atom is 0.115 e. The summed E-state index contributed by atoms with van der Waals surface area (Å²) < 4.78 is 5.26. The Morgan fingerprint density at radius 3 is 2.75 bits per heavy atom. The SMILES string of the molecule is CCOCc1ccc(O)cc1C. The molecule has 0 aliphatic rings. The molecule has 0 saturated heterocycles. The summed E-state index contributed by atoms with van der Waals surface area (Å²) in [7, 11) is 0. The minimum absolute atomic E-state index is 0.313. The molecule has 0 fully saturated rings. The van der Waals surface area contributed by atoms with Gasteiger partial charge in [0.15, 0.2) is 0 Å². The van der Waals surface area contributed by atoms with Crippen molar-refractivity contribution in [1.29, 1.82) is 0 Å². The van der Waals surface area contributed by atoms with E-state index in [0.717, 1.165) is 17.7 Å². The highest BCUT2D eigenvalue weighted by molar-refractivity contribution is 5.33. The lowest BCUT2D eigenvalue weighted by atomic mass is 10.1. The van der Waals surface area contributed by atoms with Crippen molar-refractivity contribution in [2.45, 2.75) is 20.5 Å². The highest BCUT2D eigenvalue weighted by Crippen LogP contribution is 2.16. The molecule has 0 aliphatic heterocycles. The van der Waals surface area contributed by atoms with Crippen molar-refractivity contribution in [3.8, 4) is 5.75 Å². The Hall–Kier alpha value is -1.02. The topological polar surface area (TPSA) is 29.5 Å². The fourth-order valence-corrected chi connectivity index (χ4v) is 1.05. The average molecular weight is 166 g/mol. The standard InChI is InChI=1S/C10H14O2/c1-3-12-7-9-4-5-10(11)6-8(9)2/h4-6,11H,3,7H2,1-2H3. The molecule has 2 heteroatoms.